The Balaban J connectivity index is 2.13. The first-order valence-corrected chi connectivity index (χ1v) is 5.77. The Morgan fingerprint density at radius 1 is 1.17 bits per heavy atom. The standard InChI is InChI=1S/C13H13N5/c1-9(14)13-17-16-12-7-11(15-8-18(12)13)10-5-3-2-4-6-10/h2-9H,14H2,1H3. The average Bonchev–Trinajstić information content (AvgIpc) is 2.82. The first-order chi connectivity index (χ1) is 8.75. The number of nitrogens with two attached hydrogens (primary N) is 1. The molecule has 0 spiro atoms. The smallest absolute Gasteiger partial charge is 0.164 e. The molecule has 90 valence electrons. The van der Waals surface area contributed by atoms with Crippen molar-refractivity contribution in [1.29, 1.82) is 0 Å². The van der Waals surface area contributed by atoms with E-state index in [-0.39, 0.29) is 6.04 Å². The molecule has 0 amide bonds. The summed E-state index contributed by atoms with van der Waals surface area (Å²) >= 11 is 0. The van der Waals surface area contributed by atoms with Gasteiger partial charge in [-0.3, -0.25) is 4.40 Å². The molecule has 0 aliphatic rings. The van der Waals surface area contributed by atoms with E-state index in [1.54, 1.807) is 6.33 Å². The highest BCUT2D eigenvalue weighted by Crippen LogP contribution is 2.18. The minimum absolute atomic E-state index is 0.163. The molecule has 5 nitrogen and oxygen atoms in total. The molecule has 1 aromatic carbocycles. The largest absolute Gasteiger partial charge is 0.322 e. The quantitative estimate of drug-likeness (QED) is 0.740. The Morgan fingerprint density at radius 2 is 1.94 bits per heavy atom. The molecule has 18 heavy (non-hydrogen) atoms. The highest BCUT2D eigenvalue weighted by atomic mass is 15.3. The third kappa shape index (κ3) is 1.74. The van der Waals surface area contributed by atoms with Gasteiger partial charge in [-0.05, 0) is 6.92 Å². The van der Waals surface area contributed by atoms with Gasteiger partial charge in [0.25, 0.3) is 0 Å². The van der Waals surface area contributed by atoms with Crippen LogP contribution >= 0.6 is 0 Å². The van der Waals surface area contributed by atoms with Crippen LogP contribution < -0.4 is 5.73 Å². The van der Waals surface area contributed by atoms with E-state index < -0.39 is 0 Å². The molecular weight excluding hydrogens is 226 g/mol. The van der Waals surface area contributed by atoms with E-state index in [0.717, 1.165) is 22.7 Å². The normalized spacial score (nSPS) is 12.8. The number of hydrogen-bond acceptors (Lipinski definition) is 4. The van der Waals surface area contributed by atoms with Crippen LogP contribution in [0.4, 0.5) is 0 Å². The first-order valence-electron chi connectivity index (χ1n) is 5.77. The molecule has 0 saturated heterocycles. The van der Waals surface area contributed by atoms with Crippen LogP contribution in [0.25, 0.3) is 16.9 Å². The van der Waals surface area contributed by atoms with Crippen LogP contribution in [0.2, 0.25) is 0 Å². The molecule has 3 rings (SSSR count). The fourth-order valence-electron chi connectivity index (χ4n) is 1.89. The molecule has 0 aliphatic carbocycles. The second-order valence-electron chi connectivity index (χ2n) is 4.22. The van der Waals surface area contributed by atoms with Crippen molar-refractivity contribution in [3.8, 4) is 11.3 Å². The van der Waals surface area contributed by atoms with Crippen molar-refractivity contribution in [2.45, 2.75) is 13.0 Å². The maximum absolute atomic E-state index is 5.82. The molecular formula is C13H13N5. The monoisotopic (exact) mass is 239 g/mol. The van der Waals surface area contributed by atoms with Crippen LogP contribution in [-0.2, 0) is 0 Å². The molecule has 2 N–H and O–H groups in total. The van der Waals surface area contributed by atoms with E-state index in [0.29, 0.717) is 0 Å². The molecule has 0 saturated carbocycles. The summed E-state index contributed by atoms with van der Waals surface area (Å²) < 4.78 is 1.82. The molecule has 2 aromatic heterocycles. The van der Waals surface area contributed by atoms with Gasteiger partial charge in [0.2, 0.25) is 0 Å². The Bertz CT molecular complexity index is 672. The number of hydrogen-bond donors (Lipinski definition) is 1. The lowest BCUT2D eigenvalue weighted by Gasteiger charge is -2.04. The van der Waals surface area contributed by atoms with E-state index in [9.17, 15) is 0 Å². The highest BCUT2D eigenvalue weighted by molar-refractivity contribution is 5.62. The van der Waals surface area contributed by atoms with E-state index >= 15 is 0 Å². The molecule has 0 fully saturated rings. The van der Waals surface area contributed by atoms with Crippen molar-refractivity contribution in [3.05, 3.63) is 48.5 Å². The molecule has 5 heteroatoms. The lowest BCUT2D eigenvalue weighted by molar-refractivity contribution is 0.723. The summed E-state index contributed by atoms with van der Waals surface area (Å²) in [6.45, 7) is 1.88. The number of fused-ring (bicyclic) bond motifs is 1. The maximum atomic E-state index is 5.82. The zero-order valence-corrected chi connectivity index (χ0v) is 9.99. The van der Waals surface area contributed by atoms with Gasteiger partial charge in [-0.1, -0.05) is 30.3 Å². The number of rotatable bonds is 2. The van der Waals surface area contributed by atoms with Crippen molar-refractivity contribution >= 4 is 5.65 Å². The van der Waals surface area contributed by atoms with Gasteiger partial charge in [0.15, 0.2) is 11.5 Å². The van der Waals surface area contributed by atoms with Gasteiger partial charge in [0.1, 0.15) is 6.33 Å². The van der Waals surface area contributed by atoms with E-state index in [4.69, 9.17) is 5.73 Å². The zero-order chi connectivity index (χ0) is 12.5. The van der Waals surface area contributed by atoms with Gasteiger partial charge >= 0.3 is 0 Å². The Morgan fingerprint density at radius 3 is 2.67 bits per heavy atom. The van der Waals surface area contributed by atoms with Gasteiger partial charge in [0.05, 0.1) is 11.7 Å². The van der Waals surface area contributed by atoms with Crippen LogP contribution in [-0.4, -0.2) is 19.6 Å². The van der Waals surface area contributed by atoms with Crippen LogP contribution in [0.15, 0.2) is 42.7 Å². The van der Waals surface area contributed by atoms with Crippen LogP contribution in [0.1, 0.15) is 18.8 Å². The van der Waals surface area contributed by atoms with Crippen molar-refractivity contribution in [3.63, 3.8) is 0 Å². The van der Waals surface area contributed by atoms with Crippen molar-refractivity contribution in [2.24, 2.45) is 5.73 Å². The number of aromatic nitrogens is 4. The fourth-order valence-corrected chi connectivity index (χ4v) is 1.89. The first kappa shape index (κ1) is 10.9. The third-order valence-corrected chi connectivity index (χ3v) is 2.80. The van der Waals surface area contributed by atoms with Gasteiger partial charge < -0.3 is 5.73 Å². The Labute approximate surface area is 104 Å². The van der Waals surface area contributed by atoms with E-state index in [1.165, 1.54) is 0 Å². The van der Waals surface area contributed by atoms with Crippen LogP contribution in [0.5, 0.6) is 0 Å². The maximum Gasteiger partial charge on any atom is 0.164 e. The highest BCUT2D eigenvalue weighted by Gasteiger charge is 2.10. The number of nitrogens with zero attached hydrogens (tertiary/aromatic N) is 4. The van der Waals surface area contributed by atoms with Crippen LogP contribution in [0.3, 0.4) is 0 Å². The lowest BCUT2D eigenvalue weighted by atomic mass is 10.1. The van der Waals surface area contributed by atoms with Gasteiger partial charge in [-0.25, -0.2) is 4.98 Å². The zero-order valence-electron chi connectivity index (χ0n) is 9.99. The minimum Gasteiger partial charge on any atom is -0.322 e. The molecule has 0 bridgehead atoms. The van der Waals surface area contributed by atoms with Gasteiger partial charge in [0, 0.05) is 11.6 Å². The summed E-state index contributed by atoms with van der Waals surface area (Å²) in [6, 6.07) is 11.7. The number of benzene rings is 1. The van der Waals surface area contributed by atoms with E-state index in [2.05, 4.69) is 15.2 Å². The Hall–Kier alpha value is -2.27. The van der Waals surface area contributed by atoms with Gasteiger partial charge in [-0.15, -0.1) is 10.2 Å². The summed E-state index contributed by atoms with van der Waals surface area (Å²) in [7, 11) is 0. The minimum atomic E-state index is -0.163. The predicted octanol–water partition coefficient (Wildman–Crippen LogP) is 1.81. The van der Waals surface area contributed by atoms with Crippen molar-refractivity contribution in [1.82, 2.24) is 19.6 Å². The molecule has 2 heterocycles. The average molecular weight is 239 g/mol. The molecule has 0 aliphatic heterocycles. The summed E-state index contributed by atoms with van der Waals surface area (Å²) in [4.78, 5) is 4.42. The molecule has 1 unspecified atom stereocenters. The van der Waals surface area contributed by atoms with Crippen LogP contribution in [0, 0.1) is 0 Å². The second-order valence-corrected chi connectivity index (χ2v) is 4.22. The fraction of sp³-hybridized carbons (Fsp3) is 0.154. The molecule has 0 radical (unpaired) electrons. The topological polar surface area (TPSA) is 69.1 Å². The SMILES string of the molecule is CC(N)c1nnc2cc(-c3ccccc3)ncn12. The van der Waals surface area contributed by atoms with Crippen molar-refractivity contribution in [2.75, 3.05) is 0 Å². The second kappa shape index (κ2) is 4.19. The van der Waals surface area contributed by atoms with Gasteiger partial charge in [-0.2, -0.15) is 0 Å². The third-order valence-electron chi connectivity index (χ3n) is 2.80. The summed E-state index contributed by atoms with van der Waals surface area (Å²) in [5.41, 5.74) is 8.52. The predicted molar refractivity (Wildman–Crippen MR) is 68.8 cm³/mol. The molecule has 1 atom stereocenters. The summed E-state index contributed by atoms with van der Waals surface area (Å²) in [6.07, 6.45) is 1.72. The van der Waals surface area contributed by atoms with E-state index in [1.807, 2.05) is 47.7 Å². The molecule has 3 aromatic rings. The summed E-state index contributed by atoms with van der Waals surface area (Å²) in [5.74, 6) is 0.720. The lowest BCUT2D eigenvalue weighted by Crippen LogP contribution is -2.09. The Kier molecular flexibility index (Phi) is 2.53. The summed E-state index contributed by atoms with van der Waals surface area (Å²) in [5, 5.41) is 8.20. The van der Waals surface area contributed by atoms with Crippen molar-refractivity contribution < 1.29 is 0 Å².